The van der Waals surface area contributed by atoms with Gasteiger partial charge in [0.2, 0.25) is 0 Å². The summed E-state index contributed by atoms with van der Waals surface area (Å²) in [4.78, 5) is 21.9. The van der Waals surface area contributed by atoms with Gasteiger partial charge in [0.1, 0.15) is 5.49 Å². The maximum atomic E-state index is 13.1. The Morgan fingerprint density at radius 3 is 2.83 bits per heavy atom. The lowest BCUT2D eigenvalue weighted by Gasteiger charge is -2.08. The Kier molecular flexibility index (Phi) is 3.82. The molecule has 3 aromatic rings. The summed E-state index contributed by atoms with van der Waals surface area (Å²) in [7, 11) is 0. The van der Waals surface area contributed by atoms with Crippen LogP contribution < -0.4 is 5.49 Å². The molecule has 0 N–H and O–H groups in total. The number of aryl methyl sites for hydroxylation is 2. The molecule has 23 heavy (non-hydrogen) atoms. The van der Waals surface area contributed by atoms with Crippen molar-refractivity contribution in [3.8, 4) is 0 Å². The van der Waals surface area contributed by atoms with Crippen LogP contribution in [0.2, 0.25) is 0 Å². The van der Waals surface area contributed by atoms with Crippen molar-refractivity contribution >= 4 is 17.0 Å². The molecule has 0 saturated heterocycles. The van der Waals surface area contributed by atoms with Crippen molar-refractivity contribution in [1.82, 2.24) is 14.7 Å². The second kappa shape index (κ2) is 5.79. The molecule has 3 heterocycles. The third-order valence-corrected chi connectivity index (χ3v) is 3.42. The first-order valence-electron chi connectivity index (χ1n) is 7.47. The van der Waals surface area contributed by atoms with Crippen LogP contribution in [0.15, 0.2) is 40.0 Å². The van der Waals surface area contributed by atoms with Crippen molar-refractivity contribution in [3.05, 3.63) is 52.9 Å². The van der Waals surface area contributed by atoms with E-state index in [4.69, 9.17) is 4.52 Å². The largest absolute Gasteiger partial charge is 0.336 e. The van der Waals surface area contributed by atoms with Crippen molar-refractivity contribution in [2.24, 2.45) is 4.99 Å². The van der Waals surface area contributed by atoms with Crippen molar-refractivity contribution in [1.29, 1.82) is 0 Å². The van der Waals surface area contributed by atoms with E-state index in [9.17, 15) is 4.79 Å². The van der Waals surface area contributed by atoms with Crippen LogP contribution in [-0.4, -0.2) is 26.7 Å². The van der Waals surface area contributed by atoms with E-state index in [2.05, 4.69) is 15.1 Å². The summed E-state index contributed by atoms with van der Waals surface area (Å²) in [5, 5.41) is 4.57. The van der Waals surface area contributed by atoms with Gasteiger partial charge in [-0.05, 0) is 45.9 Å². The zero-order chi connectivity index (χ0) is 16.6. The summed E-state index contributed by atoms with van der Waals surface area (Å²) in [6.07, 6.45) is 1.72. The number of hydrogen-bond acceptors (Lipinski definition) is 5. The molecule has 0 aliphatic rings. The molecule has 0 aliphatic carbocycles. The van der Waals surface area contributed by atoms with E-state index in [1.807, 2.05) is 39.0 Å². The van der Waals surface area contributed by atoms with Crippen LogP contribution in [0.1, 0.15) is 35.6 Å². The van der Waals surface area contributed by atoms with Crippen LogP contribution in [0.25, 0.3) is 11.1 Å². The van der Waals surface area contributed by atoms with E-state index in [0.29, 0.717) is 33.5 Å². The maximum Gasteiger partial charge on any atom is 0.264 e. The monoisotopic (exact) mass is 310 g/mol. The van der Waals surface area contributed by atoms with Crippen molar-refractivity contribution < 1.29 is 9.32 Å². The molecule has 3 aromatic heterocycles. The molecule has 0 bridgehead atoms. The van der Waals surface area contributed by atoms with Gasteiger partial charge in [0.15, 0.2) is 0 Å². The number of rotatable bonds is 2. The minimum atomic E-state index is -0.174. The third kappa shape index (κ3) is 2.79. The van der Waals surface area contributed by atoms with Gasteiger partial charge in [0.25, 0.3) is 11.6 Å². The predicted octanol–water partition coefficient (Wildman–Crippen LogP) is 2.64. The zero-order valence-corrected chi connectivity index (χ0v) is 13.6. The zero-order valence-electron chi connectivity index (χ0n) is 13.6. The van der Waals surface area contributed by atoms with Gasteiger partial charge in [-0.15, -0.1) is 0 Å². The molecule has 118 valence electrons. The second-order valence-electron chi connectivity index (χ2n) is 5.72. The number of carbonyl (C=O) groups is 1. The number of hydrogen-bond donors (Lipinski definition) is 0. The Morgan fingerprint density at radius 1 is 1.30 bits per heavy atom. The summed E-state index contributed by atoms with van der Waals surface area (Å²) in [6, 6.07) is 7.34. The SMILES string of the molecule is Cc1cc(C(=O)n2ccccc2=NC(C)C)c2c(C)noc2n1. The summed E-state index contributed by atoms with van der Waals surface area (Å²) in [5.41, 5.74) is 2.86. The highest BCUT2D eigenvalue weighted by Gasteiger charge is 2.19. The normalized spacial score (nSPS) is 12.3. The molecule has 6 heteroatoms. The first-order valence-corrected chi connectivity index (χ1v) is 7.47. The molecule has 6 nitrogen and oxygen atoms in total. The van der Waals surface area contributed by atoms with E-state index >= 15 is 0 Å². The average Bonchev–Trinajstić information content (AvgIpc) is 2.87. The van der Waals surface area contributed by atoms with E-state index in [-0.39, 0.29) is 11.9 Å². The molecular formula is C17H18N4O2. The van der Waals surface area contributed by atoms with Gasteiger partial charge in [-0.3, -0.25) is 14.4 Å². The Balaban J connectivity index is 2.25. The fourth-order valence-corrected chi connectivity index (χ4v) is 2.49. The van der Waals surface area contributed by atoms with Crippen LogP contribution >= 0.6 is 0 Å². The molecule has 0 aliphatic heterocycles. The summed E-state index contributed by atoms with van der Waals surface area (Å²) in [6.45, 7) is 7.57. The number of nitrogens with zero attached hydrogens (tertiary/aromatic N) is 4. The van der Waals surface area contributed by atoms with Crippen LogP contribution in [0.3, 0.4) is 0 Å². The van der Waals surface area contributed by atoms with Gasteiger partial charge < -0.3 is 4.52 Å². The van der Waals surface area contributed by atoms with Crippen LogP contribution in [-0.2, 0) is 0 Å². The van der Waals surface area contributed by atoms with Crippen molar-refractivity contribution in [2.75, 3.05) is 0 Å². The summed E-state index contributed by atoms with van der Waals surface area (Å²) >= 11 is 0. The third-order valence-electron chi connectivity index (χ3n) is 3.42. The Bertz CT molecular complexity index is 951. The Labute approximate surface area is 133 Å². The molecule has 0 unspecified atom stereocenters. The van der Waals surface area contributed by atoms with Crippen molar-refractivity contribution in [3.63, 3.8) is 0 Å². The molecule has 0 fully saturated rings. The van der Waals surface area contributed by atoms with Crippen LogP contribution in [0, 0.1) is 13.8 Å². The fourth-order valence-electron chi connectivity index (χ4n) is 2.49. The topological polar surface area (TPSA) is 73.3 Å². The van der Waals surface area contributed by atoms with Gasteiger partial charge in [0, 0.05) is 17.9 Å². The molecule has 0 spiro atoms. The highest BCUT2D eigenvalue weighted by molar-refractivity contribution is 6.06. The molecule has 0 amide bonds. The molecular weight excluding hydrogens is 292 g/mol. The lowest BCUT2D eigenvalue weighted by atomic mass is 10.1. The lowest BCUT2D eigenvalue weighted by molar-refractivity contribution is 0.0956. The van der Waals surface area contributed by atoms with Crippen molar-refractivity contribution in [2.45, 2.75) is 33.7 Å². The van der Waals surface area contributed by atoms with Crippen LogP contribution in [0.5, 0.6) is 0 Å². The maximum absolute atomic E-state index is 13.1. The standard InChI is InChI=1S/C17H18N4O2/c1-10(2)18-14-7-5-6-8-21(14)17(22)13-9-11(3)19-16-15(13)12(4)20-23-16/h5-10H,1-4H3. The average molecular weight is 310 g/mol. The van der Waals surface area contributed by atoms with Gasteiger partial charge in [-0.25, -0.2) is 4.98 Å². The van der Waals surface area contributed by atoms with E-state index in [1.165, 1.54) is 0 Å². The smallest absolute Gasteiger partial charge is 0.264 e. The predicted molar refractivity (Wildman–Crippen MR) is 86.1 cm³/mol. The number of pyridine rings is 2. The molecule has 0 atom stereocenters. The minimum Gasteiger partial charge on any atom is -0.336 e. The van der Waals surface area contributed by atoms with Gasteiger partial charge in [-0.2, -0.15) is 0 Å². The fraction of sp³-hybridized carbons (Fsp3) is 0.294. The Morgan fingerprint density at radius 2 is 2.09 bits per heavy atom. The molecule has 0 saturated carbocycles. The molecule has 0 aromatic carbocycles. The molecule has 0 radical (unpaired) electrons. The quantitative estimate of drug-likeness (QED) is 0.729. The van der Waals surface area contributed by atoms with E-state index in [1.54, 1.807) is 23.8 Å². The lowest BCUT2D eigenvalue weighted by Crippen LogP contribution is -2.28. The van der Waals surface area contributed by atoms with Crippen LogP contribution in [0.4, 0.5) is 0 Å². The minimum absolute atomic E-state index is 0.0907. The van der Waals surface area contributed by atoms with Gasteiger partial charge in [-0.1, -0.05) is 11.2 Å². The second-order valence-corrected chi connectivity index (χ2v) is 5.72. The number of fused-ring (bicyclic) bond motifs is 1. The van der Waals surface area contributed by atoms with E-state index < -0.39 is 0 Å². The van der Waals surface area contributed by atoms with E-state index in [0.717, 1.165) is 0 Å². The first-order chi connectivity index (χ1) is 11.0. The first kappa shape index (κ1) is 15.1. The van der Waals surface area contributed by atoms with Gasteiger partial charge >= 0.3 is 0 Å². The summed E-state index contributed by atoms with van der Waals surface area (Å²) in [5.74, 6) is -0.174. The number of carbonyl (C=O) groups excluding carboxylic acids is 1. The summed E-state index contributed by atoms with van der Waals surface area (Å²) < 4.78 is 6.75. The number of aromatic nitrogens is 3. The van der Waals surface area contributed by atoms with Gasteiger partial charge in [0.05, 0.1) is 16.6 Å². The highest BCUT2D eigenvalue weighted by atomic mass is 16.5. The highest BCUT2D eigenvalue weighted by Crippen LogP contribution is 2.22. The molecule has 3 rings (SSSR count). The Hall–Kier alpha value is -2.76.